The van der Waals surface area contributed by atoms with Crippen molar-refractivity contribution in [1.82, 2.24) is 0 Å². The molecule has 1 aliphatic heterocycles. The van der Waals surface area contributed by atoms with Crippen molar-refractivity contribution >= 4 is 35.2 Å². The van der Waals surface area contributed by atoms with Crippen molar-refractivity contribution in [3.8, 4) is 0 Å². The summed E-state index contributed by atoms with van der Waals surface area (Å²) in [5.74, 6) is -0.701. The largest absolute Gasteiger partial charge is 0.402 e. The molecule has 0 atom stereocenters. The van der Waals surface area contributed by atoms with E-state index in [1.54, 1.807) is 6.08 Å². The van der Waals surface area contributed by atoms with Crippen LogP contribution in [0.3, 0.4) is 0 Å². The summed E-state index contributed by atoms with van der Waals surface area (Å²) in [5, 5.41) is 11.1. The molecule has 0 spiro atoms. The number of hydrogen-bond donors (Lipinski definition) is 0. The van der Waals surface area contributed by atoms with Gasteiger partial charge in [0.25, 0.3) is 5.69 Å². The predicted octanol–water partition coefficient (Wildman–Crippen LogP) is 4.15. The van der Waals surface area contributed by atoms with Crippen molar-refractivity contribution in [2.45, 2.75) is 0 Å². The van der Waals surface area contributed by atoms with Crippen LogP contribution in [-0.2, 0) is 9.53 Å². The third kappa shape index (κ3) is 3.81. The molecular formula is C18H11ClN2O4. The first-order valence-electron chi connectivity index (χ1n) is 7.23. The van der Waals surface area contributed by atoms with Crippen LogP contribution >= 0.6 is 11.6 Å². The molecular weight excluding hydrogens is 344 g/mol. The van der Waals surface area contributed by atoms with Crippen LogP contribution in [0.25, 0.3) is 6.08 Å². The van der Waals surface area contributed by atoms with Crippen LogP contribution in [0.2, 0.25) is 5.02 Å². The number of esters is 1. The molecule has 1 aliphatic rings. The van der Waals surface area contributed by atoms with Crippen LogP contribution in [0, 0.1) is 10.1 Å². The standard InChI is InChI=1S/C18H11ClN2O4/c19-15-10-9-13(21(23)24)11-14(15)17-20-16(18(22)25-17)8-4-7-12-5-2-1-3-6-12/h1-11H/b7-4+,16-8-. The number of aliphatic imine (C=N–C) groups is 1. The van der Waals surface area contributed by atoms with Crippen LogP contribution in [0.4, 0.5) is 5.69 Å². The molecule has 3 rings (SSSR count). The van der Waals surface area contributed by atoms with Crippen LogP contribution < -0.4 is 0 Å². The molecule has 25 heavy (non-hydrogen) atoms. The summed E-state index contributed by atoms with van der Waals surface area (Å²) < 4.78 is 5.08. The van der Waals surface area contributed by atoms with Gasteiger partial charge in [0.2, 0.25) is 5.90 Å². The lowest BCUT2D eigenvalue weighted by Crippen LogP contribution is -2.06. The van der Waals surface area contributed by atoms with E-state index < -0.39 is 10.9 Å². The van der Waals surface area contributed by atoms with E-state index in [9.17, 15) is 14.9 Å². The Morgan fingerprint density at radius 3 is 2.64 bits per heavy atom. The van der Waals surface area contributed by atoms with Crippen LogP contribution in [0.1, 0.15) is 11.1 Å². The summed E-state index contributed by atoms with van der Waals surface area (Å²) in [4.78, 5) is 26.3. The van der Waals surface area contributed by atoms with E-state index in [0.29, 0.717) is 0 Å². The van der Waals surface area contributed by atoms with Crippen molar-refractivity contribution in [3.05, 3.63) is 92.6 Å². The molecule has 0 saturated heterocycles. The lowest BCUT2D eigenvalue weighted by molar-refractivity contribution is -0.384. The maximum atomic E-state index is 11.9. The molecule has 1 heterocycles. The second kappa shape index (κ2) is 7.11. The van der Waals surface area contributed by atoms with Gasteiger partial charge in [-0.15, -0.1) is 0 Å². The molecule has 0 unspecified atom stereocenters. The Labute approximate surface area is 147 Å². The average molecular weight is 355 g/mol. The number of nitro benzene ring substituents is 1. The van der Waals surface area contributed by atoms with E-state index in [-0.39, 0.29) is 27.9 Å². The highest BCUT2D eigenvalue weighted by molar-refractivity contribution is 6.34. The van der Waals surface area contributed by atoms with E-state index >= 15 is 0 Å². The van der Waals surface area contributed by atoms with Gasteiger partial charge in [-0.2, -0.15) is 0 Å². The van der Waals surface area contributed by atoms with Gasteiger partial charge in [-0.25, -0.2) is 9.79 Å². The number of benzene rings is 2. The fourth-order valence-corrected chi connectivity index (χ4v) is 2.34. The summed E-state index contributed by atoms with van der Waals surface area (Å²) in [6.07, 6.45) is 5.00. The number of carbonyl (C=O) groups is 1. The monoisotopic (exact) mass is 354 g/mol. The number of carbonyl (C=O) groups excluding carboxylic acids is 1. The van der Waals surface area contributed by atoms with E-state index in [4.69, 9.17) is 16.3 Å². The van der Waals surface area contributed by atoms with Crippen LogP contribution in [0.5, 0.6) is 0 Å². The fraction of sp³-hybridized carbons (Fsp3) is 0. The van der Waals surface area contributed by atoms with Crippen LogP contribution in [-0.4, -0.2) is 16.8 Å². The number of ether oxygens (including phenoxy) is 1. The number of non-ortho nitro benzene ring substituents is 1. The first-order chi connectivity index (χ1) is 12.0. The second-order valence-electron chi connectivity index (χ2n) is 5.05. The molecule has 2 aromatic rings. The summed E-state index contributed by atoms with van der Waals surface area (Å²) >= 11 is 6.03. The van der Waals surface area contributed by atoms with E-state index in [2.05, 4.69) is 4.99 Å². The van der Waals surface area contributed by atoms with Gasteiger partial charge in [0.05, 0.1) is 15.5 Å². The third-order valence-electron chi connectivity index (χ3n) is 3.35. The first-order valence-corrected chi connectivity index (χ1v) is 7.61. The highest BCUT2D eigenvalue weighted by atomic mass is 35.5. The zero-order valence-electron chi connectivity index (χ0n) is 12.8. The minimum absolute atomic E-state index is 0.0574. The van der Waals surface area contributed by atoms with Gasteiger partial charge in [-0.1, -0.05) is 54.1 Å². The average Bonchev–Trinajstić information content (AvgIpc) is 2.97. The number of hydrogen-bond acceptors (Lipinski definition) is 5. The van der Waals surface area contributed by atoms with Crippen molar-refractivity contribution in [1.29, 1.82) is 0 Å². The van der Waals surface area contributed by atoms with Gasteiger partial charge >= 0.3 is 5.97 Å². The zero-order chi connectivity index (χ0) is 17.8. The predicted molar refractivity (Wildman–Crippen MR) is 94.3 cm³/mol. The summed E-state index contributed by atoms with van der Waals surface area (Å²) in [7, 11) is 0. The minimum atomic E-state index is -0.643. The van der Waals surface area contributed by atoms with Gasteiger partial charge in [0, 0.05) is 12.1 Å². The maximum absolute atomic E-state index is 11.9. The fourth-order valence-electron chi connectivity index (χ4n) is 2.14. The number of cyclic esters (lactones) is 1. The Balaban J connectivity index is 1.88. The third-order valence-corrected chi connectivity index (χ3v) is 3.68. The van der Waals surface area contributed by atoms with Crippen molar-refractivity contribution in [2.24, 2.45) is 4.99 Å². The second-order valence-corrected chi connectivity index (χ2v) is 5.46. The Bertz CT molecular complexity index is 933. The van der Waals surface area contributed by atoms with Gasteiger partial charge in [-0.05, 0) is 17.7 Å². The molecule has 0 fully saturated rings. The Morgan fingerprint density at radius 1 is 1.16 bits per heavy atom. The summed E-state index contributed by atoms with van der Waals surface area (Å²) in [6.45, 7) is 0. The molecule has 0 bridgehead atoms. The Morgan fingerprint density at radius 2 is 1.92 bits per heavy atom. The van der Waals surface area contributed by atoms with Crippen molar-refractivity contribution in [3.63, 3.8) is 0 Å². The van der Waals surface area contributed by atoms with Gasteiger partial charge in [-0.3, -0.25) is 10.1 Å². The number of rotatable bonds is 4. The van der Waals surface area contributed by atoms with Crippen molar-refractivity contribution in [2.75, 3.05) is 0 Å². The first kappa shape index (κ1) is 16.6. The lowest BCUT2D eigenvalue weighted by atomic mass is 10.2. The van der Waals surface area contributed by atoms with Gasteiger partial charge < -0.3 is 4.74 Å². The van der Waals surface area contributed by atoms with E-state index in [1.165, 1.54) is 24.3 Å². The molecule has 0 saturated carbocycles. The molecule has 7 heteroatoms. The quantitative estimate of drug-likeness (QED) is 0.357. The Hall–Kier alpha value is -3.25. The molecule has 2 aromatic carbocycles. The molecule has 0 N–H and O–H groups in total. The molecule has 0 radical (unpaired) electrons. The maximum Gasteiger partial charge on any atom is 0.363 e. The molecule has 0 amide bonds. The highest BCUT2D eigenvalue weighted by Gasteiger charge is 2.26. The van der Waals surface area contributed by atoms with Crippen molar-refractivity contribution < 1.29 is 14.5 Å². The lowest BCUT2D eigenvalue weighted by Gasteiger charge is -2.02. The molecule has 0 aromatic heterocycles. The summed E-state index contributed by atoms with van der Waals surface area (Å²) in [5.41, 5.74) is 1.08. The highest BCUT2D eigenvalue weighted by Crippen LogP contribution is 2.26. The molecule has 6 nitrogen and oxygen atoms in total. The minimum Gasteiger partial charge on any atom is -0.402 e. The smallest absolute Gasteiger partial charge is 0.363 e. The van der Waals surface area contributed by atoms with Gasteiger partial charge in [0.1, 0.15) is 0 Å². The normalized spacial score (nSPS) is 15.5. The molecule has 0 aliphatic carbocycles. The summed E-state index contributed by atoms with van der Waals surface area (Å²) in [6, 6.07) is 13.4. The molecule has 124 valence electrons. The number of allylic oxidation sites excluding steroid dienone is 2. The van der Waals surface area contributed by atoms with E-state index in [1.807, 2.05) is 36.4 Å². The topological polar surface area (TPSA) is 81.8 Å². The number of nitrogens with zero attached hydrogens (tertiary/aromatic N) is 2. The van der Waals surface area contributed by atoms with Crippen LogP contribution in [0.15, 0.2) is 71.4 Å². The number of halogens is 1. The Kier molecular flexibility index (Phi) is 4.72. The number of nitro groups is 1. The zero-order valence-corrected chi connectivity index (χ0v) is 13.5. The van der Waals surface area contributed by atoms with Gasteiger partial charge in [0.15, 0.2) is 5.70 Å². The SMILES string of the molecule is O=C1OC(c2cc([N+](=O)[O-])ccc2Cl)=N/C1=C\C=C\c1ccccc1. The van der Waals surface area contributed by atoms with E-state index in [0.717, 1.165) is 5.56 Å².